The van der Waals surface area contributed by atoms with Crippen molar-refractivity contribution in [3.63, 3.8) is 0 Å². The molecule has 2 unspecified atom stereocenters. The Morgan fingerprint density at radius 3 is 2.89 bits per heavy atom. The van der Waals surface area contributed by atoms with Gasteiger partial charge in [-0.2, -0.15) is 0 Å². The zero-order valence-corrected chi connectivity index (χ0v) is 10.9. The molecule has 2 aliphatic rings. The predicted molar refractivity (Wildman–Crippen MR) is 69.2 cm³/mol. The van der Waals surface area contributed by atoms with E-state index in [1.165, 1.54) is 18.9 Å². The SMILES string of the molecule is Fc1ccc(C2OCCC2CNC2CC2)cc1Cl. The fourth-order valence-electron chi connectivity index (χ4n) is 2.51. The van der Waals surface area contributed by atoms with Gasteiger partial charge in [0.05, 0.1) is 11.1 Å². The van der Waals surface area contributed by atoms with E-state index >= 15 is 0 Å². The Morgan fingerprint density at radius 1 is 1.33 bits per heavy atom. The van der Waals surface area contributed by atoms with Crippen LogP contribution in [0.1, 0.15) is 30.9 Å². The molecule has 1 aromatic carbocycles. The molecule has 98 valence electrons. The van der Waals surface area contributed by atoms with Crippen molar-refractivity contribution < 1.29 is 9.13 Å². The second kappa shape index (κ2) is 5.16. The fourth-order valence-corrected chi connectivity index (χ4v) is 2.70. The second-order valence-corrected chi connectivity index (χ2v) is 5.60. The Hall–Kier alpha value is -0.640. The maximum Gasteiger partial charge on any atom is 0.141 e. The molecule has 0 aromatic heterocycles. The lowest BCUT2D eigenvalue weighted by Gasteiger charge is -2.19. The third-order valence-corrected chi connectivity index (χ3v) is 4.02. The van der Waals surface area contributed by atoms with Crippen LogP contribution < -0.4 is 5.32 Å². The summed E-state index contributed by atoms with van der Waals surface area (Å²) in [7, 11) is 0. The maximum absolute atomic E-state index is 13.2. The van der Waals surface area contributed by atoms with Crippen molar-refractivity contribution in [2.75, 3.05) is 13.2 Å². The van der Waals surface area contributed by atoms with Crippen LogP contribution in [0, 0.1) is 11.7 Å². The van der Waals surface area contributed by atoms with Crippen molar-refractivity contribution in [3.8, 4) is 0 Å². The molecular weight excluding hydrogens is 253 g/mol. The van der Waals surface area contributed by atoms with Gasteiger partial charge in [0.15, 0.2) is 0 Å². The van der Waals surface area contributed by atoms with E-state index in [0.717, 1.165) is 25.1 Å². The fraction of sp³-hybridized carbons (Fsp3) is 0.571. The summed E-state index contributed by atoms with van der Waals surface area (Å²) in [4.78, 5) is 0. The van der Waals surface area contributed by atoms with E-state index in [4.69, 9.17) is 16.3 Å². The van der Waals surface area contributed by atoms with Gasteiger partial charge in [-0.15, -0.1) is 0 Å². The van der Waals surface area contributed by atoms with Gasteiger partial charge in [-0.05, 0) is 37.0 Å². The highest BCUT2D eigenvalue weighted by Gasteiger charge is 2.31. The molecule has 0 radical (unpaired) electrons. The maximum atomic E-state index is 13.2. The zero-order valence-electron chi connectivity index (χ0n) is 10.2. The van der Waals surface area contributed by atoms with Gasteiger partial charge in [-0.1, -0.05) is 17.7 Å². The van der Waals surface area contributed by atoms with Crippen molar-refractivity contribution in [1.29, 1.82) is 0 Å². The standard InChI is InChI=1S/C14H17ClFNO/c15-12-7-9(1-4-13(12)16)14-10(5-6-18-14)8-17-11-2-3-11/h1,4,7,10-11,14,17H,2-3,5-6,8H2. The lowest BCUT2D eigenvalue weighted by atomic mass is 9.95. The number of hydrogen-bond donors (Lipinski definition) is 1. The van der Waals surface area contributed by atoms with Crippen molar-refractivity contribution >= 4 is 11.6 Å². The lowest BCUT2D eigenvalue weighted by Crippen LogP contribution is -2.26. The van der Waals surface area contributed by atoms with E-state index in [0.29, 0.717) is 12.0 Å². The molecule has 3 rings (SSSR count). The summed E-state index contributed by atoms with van der Waals surface area (Å²) in [5.41, 5.74) is 0.987. The van der Waals surface area contributed by atoms with Gasteiger partial charge < -0.3 is 10.1 Å². The molecule has 1 heterocycles. The Kier molecular flexibility index (Phi) is 3.55. The third kappa shape index (κ3) is 2.68. The highest BCUT2D eigenvalue weighted by molar-refractivity contribution is 6.30. The number of hydrogen-bond acceptors (Lipinski definition) is 2. The summed E-state index contributed by atoms with van der Waals surface area (Å²) < 4.78 is 18.9. The molecule has 2 nitrogen and oxygen atoms in total. The van der Waals surface area contributed by atoms with Gasteiger partial charge in [-0.3, -0.25) is 0 Å². The molecule has 4 heteroatoms. The third-order valence-electron chi connectivity index (χ3n) is 3.73. The normalized spacial score (nSPS) is 27.7. The first-order chi connectivity index (χ1) is 8.74. The first-order valence-electron chi connectivity index (χ1n) is 6.54. The molecule has 1 aromatic rings. The molecule has 1 saturated heterocycles. The van der Waals surface area contributed by atoms with E-state index in [2.05, 4.69) is 5.32 Å². The largest absolute Gasteiger partial charge is 0.373 e. The lowest BCUT2D eigenvalue weighted by molar-refractivity contribution is 0.0904. The smallest absolute Gasteiger partial charge is 0.141 e. The van der Waals surface area contributed by atoms with Gasteiger partial charge in [-0.25, -0.2) is 4.39 Å². The molecule has 0 amide bonds. The number of halogens is 2. The summed E-state index contributed by atoms with van der Waals surface area (Å²) in [5, 5.41) is 3.71. The van der Waals surface area contributed by atoms with Crippen LogP contribution >= 0.6 is 11.6 Å². The Morgan fingerprint density at radius 2 is 2.17 bits per heavy atom. The minimum atomic E-state index is -0.369. The van der Waals surface area contributed by atoms with Crippen molar-refractivity contribution in [3.05, 3.63) is 34.6 Å². The van der Waals surface area contributed by atoms with Gasteiger partial charge in [0.2, 0.25) is 0 Å². The van der Waals surface area contributed by atoms with Gasteiger partial charge in [0.1, 0.15) is 5.82 Å². The highest BCUT2D eigenvalue weighted by Crippen LogP contribution is 2.36. The van der Waals surface area contributed by atoms with Crippen molar-refractivity contribution in [2.45, 2.75) is 31.4 Å². The number of ether oxygens (including phenoxy) is 1. The van der Waals surface area contributed by atoms with Crippen LogP contribution in [0.3, 0.4) is 0 Å². The first kappa shape index (κ1) is 12.4. The predicted octanol–water partition coefficient (Wildman–Crippen LogP) is 3.31. The van der Waals surface area contributed by atoms with Crippen LogP contribution in [0.5, 0.6) is 0 Å². The van der Waals surface area contributed by atoms with Gasteiger partial charge >= 0.3 is 0 Å². The Bertz CT molecular complexity index is 436. The minimum Gasteiger partial charge on any atom is -0.373 e. The Balaban J connectivity index is 1.70. The topological polar surface area (TPSA) is 21.3 Å². The molecule has 2 atom stereocenters. The number of nitrogens with one attached hydrogen (secondary N) is 1. The number of benzene rings is 1. The molecule has 0 bridgehead atoms. The molecule has 1 aliphatic heterocycles. The summed E-state index contributed by atoms with van der Waals surface area (Å²) in [6.07, 6.45) is 3.69. The van der Waals surface area contributed by atoms with Crippen molar-refractivity contribution in [1.82, 2.24) is 5.32 Å². The highest BCUT2D eigenvalue weighted by atomic mass is 35.5. The molecule has 2 fully saturated rings. The monoisotopic (exact) mass is 269 g/mol. The van der Waals surface area contributed by atoms with Crippen molar-refractivity contribution in [2.24, 2.45) is 5.92 Å². The molecule has 1 saturated carbocycles. The van der Waals surface area contributed by atoms with E-state index in [1.54, 1.807) is 12.1 Å². The minimum absolute atomic E-state index is 0.0503. The number of rotatable bonds is 4. The van der Waals surface area contributed by atoms with E-state index in [-0.39, 0.29) is 16.9 Å². The molecule has 18 heavy (non-hydrogen) atoms. The zero-order chi connectivity index (χ0) is 12.5. The van der Waals surface area contributed by atoms with Gasteiger partial charge in [0, 0.05) is 25.1 Å². The average molecular weight is 270 g/mol. The van der Waals surface area contributed by atoms with Crippen LogP contribution in [0.15, 0.2) is 18.2 Å². The second-order valence-electron chi connectivity index (χ2n) is 5.20. The van der Waals surface area contributed by atoms with Gasteiger partial charge in [0.25, 0.3) is 0 Å². The average Bonchev–Trinajstić information content (AvgIpc) is 3.08. The van der Waals surface area contributed by atoms with Crippen LogP contribution in [-0.4, -0.2) is 19.2 Å². The summed E-state index contributed by atoms with van der Waals surface area (Å²) >= 11 is 5.83. The first-order valence-corrected chi connectivity index (χ1v) is 6.92. The summed E-state index contributed by atoms with van der Waals surface area (Å²) in [5.74, 6) is 0.0956. The van der Waals surface area contributed by atoms with Crippen LogP contribution in [0.4, 0.5) is 4.39 Å². The van der Waals surface area contributed by atoms with E-state index < -0.39 is 0 Å². The molecule has 1 N–H and O–H groups in total. The molecule has 1 aliphatic carbocycles. The van der Waals surface area contributed by atoms with E-state index in [9.17, 15) is 4.39 Å². The van der Waals surface area contributed by atoms with Crippen LogP contribution in [-0.2, 0) is 4.74 Å². The summed E-state index contributed by atoms with van der Waals surface area (Å²) in [6.45, 7) is 1.75. The van der Waals surface area contributed by atoms with E-state index in [1.807, 2.05) is 0 Å². The Labute approximate surface area is 111 Å². The molecular formula is C14H17ClFNO. The van der Waals surface area contributed by atoms with Crippen LogP contribution in [0.25, 0.3) is 0 Å². The van der Waals surface area contributed by atoms with Crippen LogP contribution in [0.2, 0.25) is 5.02 Å². The summed E-state index contributed by atoms with van der Waals surface area (Å²) in [6, 6.07) is 5.60. The molecule has 0 spiro atoms. The quantitative estimate of drug-likeness (QED) is 0.906.